The van der Waals surface area contributed by atoms with Crippen molar-refractivity contribution < 1.29 is 37.3 Å². The number of nitrogens with one attached hydrogen (secondary N) is 3. The number of rotatable bonds is 14. The van der Waals surface area contributed by atoms with E-state index in [4.69, 9.17) is 30.1 Å². The zero-order valence-corrected chi connectivity index (χ0v) is 21.5. The van der Waals surface area contributed by atoms with Gasteiger partial charge < -0.3 is 35.3 Å². The highest BCUT2D eigenvalue weighted by Crippen LogP contribution is 2.29. The first-order valence-corrected chi connectivity index (χ1v) is 11.0. The summed E-state index contributed by atoms with van der Waals surface area (Å²) in [4.78, 5) is 24.9. The first-order chi connectivity index (χ1) is 17.2. The number of carbonyl (C=O) groups excluding carboxylic acids is 2. The van der Waals surface area contributed by atoms with Crippen LogP contribution in [0.1, 0.15) is 29.7 Å². The van der Waals surface area contributed by atoms with Crippen molar-refractivity contribution in [3.05, 3.63) is 58.7 Å². The third kappa shape index (κ3) is 9.16. The van der Waals surface area contributed by atoms with Gasteiger partial charge in [-0.3, -0.25) is 15.0 Å². The monoisotopic (exact) mass is 544 g/mol. The summed E-state index contributed by atoms with van der Waals surface area (Å²) >= 11 is 0. The molecular weight excluding hydrogens is 514 g/mol. The summed E-state index contributed by atoms with van der Waals surface area (Å²) in [5.74, 6) is -3.25. The molecule has 2 aromatic carbocycles. The van der Waals surface area contributed by atoms with Gasteiger partial charge in [0.15, 0.2) is 12.7 Å². The highest BCUT2D eigenvalue weighted by atomic mass is 35.5. The van der Waals surface area contributed by atoms with E-state index in [-0.39, 0.29) is 49.5 Å². The smallest absolute Gasteiger partial charge is 0.258 e. The second-order valence-corrected chi connectivity index (χ2v) is 7.43. The Balaban J connectivity index is 0.00000684. The average Bonchev–Trinajstić information content (AvgIpc) is 2.85. The molecule has 2 aromatic rings. The van der Waals surface area contributed by atoms with Gasteiger partial charge in [0.25, 0.3) is 11.8 Å². The Kier molecular flexibility index (Phi) is 13.3. The topological polar surface area (TPSA) is 145 Å². The highest BCUT2D eigenvalue weighted by molar-refractivity contribution is 5.95. The Morgan fingerprint density at radius 1 is 1.11 bits per heavy atom. The summed E-state index contributed by atoms with van der Waals surface area (Å²) in [6.45, 7) is 1.77. The van der Waals surface area contributed by atoms with Crippen LogP contribution in [0.25, 0.3) is 0 Å². The average molecular weight is 545 g/mol. The van der Waals surface area contributed by atoms with E-state index < -0.39 is 35.1 Å². The molecule has 0 aliphatic rings. The maximum Gasteiger partial charge on any atom is 0.258 e. The van der Waals surface area contributed by atoms with Crippen LogP contribution in [0.4, 0.5) is 8.78 Å². The molecule has 0 fully saturated rings. The number of hydrogen-bond acceptors (Lipinski definition) is 7. The lowest BCUT2D eigenvalue weighted by Gasteiger charge is -2.20. The van der Waals surface area contributed by atoms with E-state index in [1.54, 1.807) is 13.0 Å². The van der Waals surface area contributed by atoms with Gasteiger partial charge in [-0.2, -0.15) is 0 Å². The molecule has 5 N–H and O–H groups in total. The summed E-state index contributed by atoms with van der Waals surface area (Å²) < 4.78 is 49.8. The Morgan fingerprint density at radius 3 is 2.35 bits per heavy atom. The lowest BCUT2D eigenvalue weighted by Crippen LogP contribution is -2.33. The standard InChI is InChI=1S/C24H30F2N4O6.ClH/c1-4-35-22(21-17(25)10-16(34-3)11-18(21)26)24(32)30-12-15-6-5-14(23(27)28)9-19(15)36-13-20(31)29-7-8-33-2;/h5-6,9-11,22H,4,7-8,12-13H2,1-3H3,(H3,27,28)(H,29,31)(H,30,32);1H/t22-;/m1./s1. The quantitative estimate of drug-likeness (QED) is 0.162. The molecule has 0 aromatic heterocycles. The molecule has 0 heterocycles. The Labute approximate surface area is 219 Å². The first kappa shape index (κ1) is 31.5. The molecule has 0 saturated heterocycles. The normalized spacial score (nSPS) is 11.2. The van der Waals surface area contributed by atoms with Crippen molar-refractivity contribution in [1.82, 2.24) is 10.6 Å². The molecule has 0 unspecified atom stereocenters. The van der Waals surface area contributed by atoms with Gasteiger partial charge in [-0.05, 0) is 13.0 Å². The van der Waals surface area contributed by atoms with Crippen molar-refractivity contribution in [2.75, 3.05) is 40.6 Å². The Morgan fingerprint density at radius 2 is 1.78 bits per heavy atom. The molecule has 37 heavy (non-hydrogen) atoms. The van der Waals surface area contributed by atoms with E-state index >= 15 is 0 Å². The van der Waals surface area contributed by atoms with Crippen molar-refractivity contribution in [1.29, 1.82) is 5.41 Å². The minimum absolute atomic E-state index is 0. The van der Waals surface area contributed by atoms with Gasteiger partial charge in [-0.25, -0.2) is 8.78 Å². The fraction of sp³-hybridized carbons (Fsp3) is 0.375. The summed E-state index contributed by atoms with van der Waals surface area (Å²) in [6.07, 6.45) is -1.56. The van der Waals surface area contributed by atoms with E-state index in [0.29, 0.717) is 24.3 Å². The van der Waals surface area contributed by atoms with Gasteiger partial charge in [-0.1, -0.05) is 12.1 Å². The number of nitrogen functional groups attached to an aromatic ring is 1. The largest absolute Gasteiger partial charge is 0.497 e. The number of amidine groups is 1. The molecule has 0 aliphatic carbocycles. The lowest BCUT2D eigenvalue weighted by molar-refractivity contribution is -0.133. The number of halogens is 3. The summed E-state index contributed by atoms with van der Waals surface area (Å²) in [5.41, 5.74) is 5.77. The molecule has 0 spiro atoms. The van der Waals surface area contributed by atoms with Crippen LogP contribution < -0.4 is 25.8 Å². The number of amides is 2. The molecule has 10 nitrogen and oxygen atoms in total. The van der Waals surface area contributed by atoms with Gasteiger partial charge in [-0.15, -0.1) is 12.4 Å². The third-order valence-electron chi connectivity index (χ3n) is 4.94. The minimum Gasteiger partial charge on any atom is -0.497 e. The van der Waals surface area contributed by atoms with E-state index in [0.717, 1.165) is 12.1 Å². The van der Waals surface area contributed by atoms with Crippen LogP contribution in [0.2, 0.25) is 0 Å². The SMILES string of the molecule is CCO[C@@H](C(=O)NCc1ccc(C(=N)N)cc1OCC(=O)NCCOC)c1c(F)cc(OC)cc1F.Cl. The van der Waals surface area contributed by atoms with Crippen molar-refractivity contribution in [3.8, 4) is 11.5 Å². The van der Waals surface area contributed by atoms with E-state index in [1.807, 2.05) is 0 Å². The molecule has 13 heteroatoms. The fourth-order valence-electron chi connectivity index (χ4n) is 3.15. The number of carbonyl (C=O) groups is 2. The Hall–Kier alpha value is -3.48. The van der Waals surface area contributed by atoms with Crippen LogP contribution >= 0.6 is 12.4 Å². The van der Waals surface area contributed by atoms with Gasteiger partial charge in [0.1, 0.15) is 29.0 Å². The summed E-state index contributed by atoms with van der Waals surface area (Å²) in [5, 5.41) is 12.8. The van der Waals surface area contributed by atoms with E-state index in [1.165, 1.54) is 26.4 Å². The van der Waals surface area contributed by atoms with Crippen LogP contribution in [-0.2, 0) is 25.6 Å². The molecule has 0 saturated carbocycles. The molecule has 0 radical (unpaired) electrons. The van der Waals surface area contributed by atoms with Crippen molar-refractivity contribution in [2.24, 2.45) is 5.73 Å². The molecular formula is C24H31ClF2N4O6. The van der Waals surface area contributed by atoms with Crippen LogP contribution in [0.5, 0.6) is 11.5 Å². The zero-order chi connectivity index (χ0) is 26.7. The van der Waals surface area contributed by atoms with Crippen LogP contribution in [-0.4, -0.2) is 58.2 Å². The van der Waals surface area contributed by atoms with E-state index in [2.05, 4.69) is 10.6 Å². The van der Waals surface area contributed by atoms with Crippen LogP contribution in [0.3, 0.4) is 0 Å². The van der Waals surface area contributed by atoms with Gasteiger partial charge in [0.05, 0.1) is 19.3 Å². The predicted molar refractivity (Wildman–Crippen MR) is 134 cm³/mol. The number of hydrogen-bond donors (Lipinski definition) is 4. The van der Waals surface area contributed by atoms with Crippen LogP contribution in [0.15, 0.2) is 30.3 Å². The van der Waals surface area contributed by atoms with Gasteiger partial charge in [0.2, 0.25) is 0 Å². The first-order valence-electron chi connectivity index (χ1n) is 11.0. The molecule has 0 bridgehead atoms. The predicted octanol–water partition coefficient (Wildman–Crippen LogP) is 2.21. The lowest BCUT2D eigenvalue weighted by atomic mass is 10.1. The van der Waals surface area contributed by atoms with Crippen LogP contribution in [0, 0.1) is 17.0 Å². The molecule has 0 aliphatic heterocycles. The maximum absolute atomic E-state index is 14.6. The summed E-state index contributed by atoms with van der Waals surface area (Å²) in [7, 11) is 2.77. The molecule has 1 atom stereocenters. The van der Waals surface area contributed by atoms with Gasteiger partial charge in [0, 0.05) is 50.1 Å². The Bertz CT molecular complexity index is 1070. The minimum atomic E-state index is -1.56. The molecule has 2 rings (SSSR count). The van der Waals surface area contributed by atoms with Crippen molar-refractivity contribution in [2.45, 2.75) is 19.6 Å². The molecule has 2 amide bonds. The third-order valence-corrected chi connectivity index (χ3v) is 4.94. The fourth-order valence-corrected chi connectivity index (χ4v) is 3.15. The second-order valence-electron chi connectivity index (χ2n) is 7.43. The number of nitrogens with two attached hydrogens (primary N) is 1. The number of methoxy groups -OCH3 is 2. The highest BCUT2D eigenvalue weighted by Gasteiger charge is 2.28. The molecule has 204 valence electrons. The van der Waals surface area contributed by atoms with Crippen molar-refractivity contribution >= 4 is 30.1 Å². The van der Waals surface area contributed by atoms with Gasteiger partial charge >= 0.3 is 0 Å². The van der Waals surface area contributed by atoms with E-state index in [9.17, 15) is 18.4 Å². The number of benzene rings is 2. The zero-order valence-electron chi connectivity index (χ0n) is 20.7. The maximum atomic E-state index is 14.6. The second kappa shape index (κ2) is 15.6. The van der Waals surface area contributed by atoms with Crippen molar-refractivity contribution in [3.63, 3.8) is 0 Å². The number of ether oxygens (including phenoxy) is 4. The summed E-state index contributed by atoms with van der Waals surface area (Å²) in [6, 6.07) is 6.47.